The second kappa shape index (κ2) is 6.84. The van der Waals surface area contributed by atoms with Crippen LogP contribution in [0.2, 0.25) is 0 Å². The van der Waals surface area contributed by atoms with Crippen molar-refractivity contribution in [3.63, 3.8) is 0 Å². The van der Waals surface area contributed by atoms with Gasteiger partial charge in [-0.3, -0.25) is 0 Å². The summed E-state index contributed by atoms with van der Waals surface area (Å²) in [7, 11) is 0. The minimum absolute atomic E-state index is 1.06. The third kappa shape index (κ3) is 4.89. The van der Waals surface area contributed by atoms with E-state index in [-0.39, 0.29) is 0 Å². The van der Waals surface area contributed by atoms with E-state index < -0.39 is 0 Å². The Morgan fingerprint density at radius 1 is 1.42 bits per heavy atom. The van der Waals surface area contributed by atoms with E-state index in [1.165, 1.54) is 6.42 Å². The SMILES string of the molecule is C=C(/C=C\C)/C=[N+](\CC)CCC. The van der Waals surface area contributed by atoms with Gasteiger partial charge in [0.2, 0.25) is 0 Å². The molecule has 0 heterocycles. The van der Waals surface area contributed by atoms with E-state index in [2.05, 4.69) is 31.2 Å². The lowest BCUT2D eigenvalue weighted by molar-refractivity contribution is -0.519. The van der Waals surface area contributed by atoms with Crippen LogP contribution in [0, 0.1) is 0 Å². The van der Waals surface area contributed by atoms with Crippen molar-refractivity contribution >= 4 is 6.21 Å². The molecule has 0 aliphatic heterocycles. The van der Waals surface area contributed by atoms with E-state index >= 15 is 0 Å². The van der Waals surface area contributed by atoms with Gasteiger partial charge < -0.3 is 0 Å². The molecule has 0 saturated heterocycles. The van der Waals surface area contributed by atoms with Crippen molar-refractivity contribution in [2.45, 2.75) is 27.2 Å². The van der Waals surface area contributed by atoms with Gasteiger partial charge in [0.25, 0.3) is 0 Å². The van der Waals surface area contributed by atoms with Crippen LogP contribution in [0.15, 0.2) is 24.3 Å². The molecule has 68 valence electrons. The normalized spacial score (nSPS) is 12.4. The highest BCUT2D eigenvalue weighted by Crippen LogP contribution is 1.89. The van der Waals surface area contributed by atoms with Gasteiger partial charge in [-0.05, 0) is 13.8 Å². The Labute approximate surface area is 76.1 Å². The number of allylic oxidation sites excluding steroid dienone is 3. The summed E-state index contributed by atoms with van der Waals surface area (Å²) in [5.74, 6) is 0. The standard InChI is InChI=1S/C11H20N/c1-5-8-11(4)10-12(7-3)9-6-2/h5,8,10H,4,6-7,9H2,1-3H3/q+1/b8-5-,12-10+. The minimum Gasteiger partial charge on any atom is -0.236 e. The predicted molar refractivity (Wildman–Crippen MR) is 56.0 cm³/mol. The van der Waals surface area contributed by atoms with Gasteiger partial charge in [0.15, 0.2) is 6.21 Å². The molecule has 12 heavy (non-hydrogen) atoms. The molecule has 0 N–H and O–H groups in total. The summed E-state index contributed by atoms with van der Waals surface area (Å²) in [6.45, 7) is 12.5. The maximum atomic E-state index is 3.93. The molecule has 0 bridgehead atoms. The second-order valence-electron chi connectivity index (χ2n) is 2.83. The zero-order chi connectivity index (χ0) is 9.40. The quantitative estimate of drug-likeness (QED) is 0.335. The molecule has 1 heteroatoms. The van der Waals surface area contributed by atoms with Crippen molar-refractivity contribution in [1.29, 1.82) is 0 Å². The molecule has 0 aliphatic carbocycles. The van der Waals surface area contributed by atoms with Gasteiger partial charge in [0, 0.05) is 12.0 Å². The topological polar surface area (TPSA) is 3.01 Å². The third-order valence-electron chi connectivity index (χ3n) is 1.65. The van der Waals surface area contributed by atoms with Gasteiger partial charge in [-0.25, -0.2) is 4.58 Å². The molecule has 1 nitrogen and oxygen atoms in total. The largest absolute Gasteiger partial charge is 0.236 e. The lowest BCUT2D eigenvalue weighted by Gasteiger charge is -1.97. The zero-order valence-electron chi connectivity index (χ0n) is 8.51. The van der Waals surface area contributed by atoms with Crippen LogP contribution in [0.3, 0.4) is 0 Å². The van der Waals surface area contributed by atoms with Crippen molar-refractivity contribution < 1.29 is 4.58 Å². The Morgan fingerprint density at radius 3 is 2.50 bits per heavy atom. The lowest BCUT2D eigenvalue weighted by atomic mass is 10.3. The Kier molecular flexibility index (Phi) is 6.35. The summed E-state index contributed by atoms with van der Waals surface area (Å²) in [6.07, 6.45) is 7.34. The van der Waals surface area contributed by atoms with E-state index in [4.69, 9.17) is 0 Å². The maximum absolute atomic E-state index is 3.93. The van der Waals surface area contributed by atoms with Crippen LogP contribution in [-0.2, 0) is 0 Å². The van der Waals surface area contributed by atoms with Gasteiger partial charge in [-0.1, -0.05) is 25.7 Å². The van der Waals surface area contributed by atoms with E-state index in [0.717, 1.165) is 18.7 Å². The first-order chi connectivity index (χ1) is 5.74. The zero-order valence-corrected chi connectivity index (χ0v) is 8.51. The Morgan fingerprint density at radius 2 is 2.08 bits per heavy atom. The molecule has 0 aromatic carbocycles. The van der Waals surface area contributed by atoms with Gasteiger partial charge in [0.05, 0.1) is 0 Å². The summed E-state index contributed by atoms with van der Waals surface area (Å²) in [5, 5.41) is 0. The predicted octanol–water partition coefficient (Wildman–Crippen LogP) is 2.63. The van der Waals surface area contributed by atoms with Crippen LogP contribution in [-0.4, -0.2) is 23.9 Å². The first kappa shape index (κ1) is 11.2. The Bertz CT molecular complexity index is 187. The molecule has 0 aromatic heterocycles. The van der Waals surface area contributed by atoms with Crippen LogP contribution < -0.4 is 0 Å². The summed E-state index contributed by atoms with van der Waals surface area (Å²) >= 11 is 0. The van der Waals surface area contributed by atoms with Crippen molar-refractivity contribution in [2.75, 3.05) is 13.1 Å². The molecular formula is C11H20N+. The van der Waals surface area contributed by atoms with Gasteiger partial charge in [-0.2, -0.15) is 0 Å². The monoisotopic (exact) mass is 166 g/mol. The average molecular weight is 166 g/mol. The van der Waals surface area contributed by atoms with Crippen LogP contribution in [0.5, 0.6) is 0 Å². The smallest absolute Gasteiger partial charge is 0.170 e. The molecular weight excluding hydrogens is 146 g/mol. The van der Waals surface area contributed by atoms with Crippen molar-refractivity contribution in [1.82, 2.24) is 0 Å². The number of hydrogen-bond donors (Lipinski definition) is 0. The molecule has 0 rings (SSSR count). The number of rotatable bonds is 5. The highest BCUT2D eigenvalue weighted by atomic mass is 15.0. The molecule has 0 radical (unpaired) electrons. The van der Waals surface area contributed by atoms with Crippen molar-refractivity contribution in [3.05, 3.63) is 24.3 Å². The number of nitrogens with zero attached hydrogens (tertiary/aromatic N) is 1. The Balaban J connectivity index is 4.16. The summed E-state index contributed by atoms with van der Waals surface area (Å²) in [6, 6.07) is 0. The fourth-order valence-corrected chi connectivity index (χ4v) is 1.09. The Hall–Kier alpha value is -0.850. The summed E-state index contributed by atoms with van der Waals surface area (Å²) in [5.41, 5.74) is 1.08. The van der Waals surface area contributed by atoms with Crippen LogP contribution in [0.4, 0.5) is 0 Å². The first-order valence-electron chi connectivity index (χ1n) is 4.65. The van der Waals surface area contributed by atoms with Crippen LogP contribution >= 0.6 is 0 Å². The fraction of sp³-hybridized carbons (Fsp3) is 0.545. The van der Waals surface area contributed by atoms with Crippen LogP contribution in [0.1, 0.15) is 27.2 Å². The second-order valence-corrected chi connectivity index (χ2v) is 2.83. The fourth-order valence-electron chi connectivity index (χ4n) is 1.09. The van der Waals surface area contributed by atoms with E-state index in [9.17, 15) is 0 Å². The molecule has 0 aliphatic rings. The summed E-state index contributed by atoms with van der Waals surface area (Å²) in [4.78, 5) is 0. The summed E-state index contributed by atoms with van der Waals surface area (Å²) < 4.78 is 2.28. The lowest BCUT2D eigenvalue weighted by Crippen LogP contribution is -2.14. The molecule has 0 unspecified atom stereocenters. The molecule has 0 aromatic rings. The van der Waals surface area contributed by atoms with Gasteiger partial charge in [0.1, 0.15) is 13.1 Å². The van der Waals surface area contributed by atoms with Gasteiger partial charge in [-0.15, -0.1) is 0 Å². The highest BCUT2D eigenvalue weighted by Gasteiger charge is 1.97. The van der Waals surface area contributed by atoms with E-state index in [1.807, 2.05) is 19.1 Å². The van der Waals surface area contributed by atoms with Crippen molar-refractivity contribution in [3.8, 4) is 0 Å². The molecule has 0 saturated carbocycles. The minimum atomic E-state index is 1.06. The van der Waals surface area contributed by atoms with Crippen LogP contribution in [0.25, 0.3) is 0 Å². The highest BCUT2D eigenvalue weighted by molar-refractivity contribution is 5.77. The van der Waals surface area contributed by atoms with Gasteiger partial charge >= 0.3 is 0 Å². The third-order valence-corrected chi connectivity index (χ3v) is 1.65. The van der Waals surface area contributed by atoms with E-state index in [0.29, 0.717) is 0 Å². The molecule has 0 amide bonds. The first-order valence-corrected chi connectivity index (χ1v) is 4.65. The molecule has 0 atom stereocenters. The molecule has 0 spiro atoms. The maximum Gasteiger partial charge on any atom is 0.170 e. The van der Waals surface area contributed by atoms with E-state index in [1.54, 1.807) is 0 Å². The van der Waals surface area contributed by atoms with Crippen molar-refractivity contribution in [2.24, 2.45) is 0 Å². The molecule has 0 fully saturated rings. The number of hydrogen-bond acceptors (Lipinski definition) is 0. The average Bonchev–Trinajstić information content (AvgIpc) is 2.04.